The average molecular weight is 477 g/mol. The summed E-state index contributed by atoms with van der Waals surface area (Å²) in [6.45, 7) is 0. The molecular weight excluding hydrogens is 452 g/mol. The molecule has 8 nitrogen and oxygen atoms in total. The molecule has 2 heterocycles. The maximum absolute atomic E-state index is 13.1. The molecule has 5 aromatic rings. The molecule has 0 fully saturated rings. The van der Waals surface area contributed by atoms with E-state index in [0.717, 1.165) is 5.69 Å². The van der Waals surface area contributed by atoms with Crippen molar-refractivity contribution in [1.82, 2.24) is 15.0 Å². The molecule has 5 rings (SSSR count). The van der Waals surface area contributed by atoms with Crippen molar-refractivity contribution in [3.63, 3.8) is 0 Å². The van der Waals surface area contributed by atoms with Crippen LogP contribution >= 0.6 is 0 Å². The molecule has 0 aliphatic rings. The number of aromatic amines is 1. The first-order chi connectivity index (χ1) is 17.5. The van der Waals surface area contributed by atoms with Crippen LogP contribution in [0.25, 0.3) is 11.0 Å². The van der Waals surface area contributed by atoms with Crippen LogP contribution in [0.2, 0.25) is 0 Å². The number of ketones is 1. The summed E-state index contributed by atoms with van der Waals surface area (Å²) < 4.78 is 0. The first kappa shape index (κ1) is 22.8. The second-order valence-corrected chi connectivity index (χ2v) is 8.45. The maximum atomic E-state index is 13.1. The molecule has 0 unspecified atom stereocenters. The van der Waals surface area contributed by atoms with Gasteiger partial charge < -0.3 is 20.5 Å². The molecule has 3 N–H and O–H groups in total. The van der Waals surface area contributed by atoms with Crippen molar-refractivity contribution < 1.29 is 9.59 Å². The zero-order valence-electron chi connectivity index (χ0n) is 19.8. The number of rotatable bonds is 7. The minimum absolute atomic E-state index is 0.132. The van der Waals surface area contributed by atoms with Gasteiger partial charge in [-0.25, -0.2) is 9.97 Å². The highest BCUT2D eigenvalue weighted by molar-refractivity contribution is 6.18. The third kappa shape index (κ3) is 4.65. The smallest absolute Gasteiger partial charge is 0.255 e. The Morgan fingerprint density at radius 3 is 2.39 bits per heavy atom. The first-order valence-corrected chi connectivity index (χ1v) is 11.4. The topological polar surface area (TPSA) is 103 Å². The molecule has 178 valence electrons. The minimum Gasteiger partial charge on any atom is -0.378 e. The lowest BCUT2D eigenvalue weighted by Gasteiger charge is -2.14. The highest BCUT2D eigenvalue weighted by atomic mass is 16.1. The van der Waals surface area contributed by atoms with Gasteiger partial charge in [0, 0.05) is 48.5 Å². The zero-order valence-corrected chi connectivity index (χ0v) is 19.8. The third-order valence-corrected chi connectivity index (χ3v) is 5.76. The molecule has 2 aromatic heterocycles. The Bertz CT molecular complexity index is 1560. The predicted molar refractivity (Wildman–Crippen MR) is 142 cm³/mol. The first-order valence-electron chi connectivity index (χ1n) is 11.4. The van der Waals surface area contributed by atoms with E-state index in [2.05, 4.69) is 25.6 Å². The predicted octanol–water partition coefficient (Wildman–Crippen LogP) is 5.25. The van der Waals surface area contributed by atoms with Crippen molar-refractivity contribution in [2.75, 3.05) is 29.6 Å². The van der Waals surface area contributed by atoms with Gasteiger partial charge in [0.1, 0.15) is 17.8 Å². The quantitative estimate of drug-likeness (QED) is 0.277. The Morgan fingerprint density at radius 1 is 0.833 bits per heavy atom. The molecule has 0 saturated carbocycles. The average Bonchev–Trinajstić information content (AvgIpc) is 3.34. The van der Waals surface area contributed by atoms with E-state index in [4.69, 9.17) is 0 Å². The van der Waals surface area contributed by atoms with Crippen molar-refractivity contribution >= 4 is 45.6 Å². The number of benzene rings is 3. The van der Waals surface area contributed by atoms with Crippen molar-refractivity contribution in [1.29, 1.82) is 0 Å². The molecule has 36 heavy (non-hydrogen) atoms. The summed E-state index contributed by atoms with van der Waals surface area (Å²) in [5.74, 6) is 0.105. The Labute approximate surface area is 208 Å². The standard InChI is InChI=1S/C28H24N6O2/c1-34(2)22-13-7-12-21(15-22)33-28(36)19-10-6-11-20(14-19)32-27-24-23(16-29-26(24)30-17-31-27)25(35)18-8-4-3-5-9-18/h3-17H,1-2H3,(H,33,36)(H2,29,30,31,32). The Hall–Kier alpha value is -4.98. The van der Waals surface area contributed by atoms with Gasteiger partial charge in [-0.3, -0.25) is 9.59 Å². The number of aromatic nitrogens is 3. The number of H-pyrrole nitrogens is 1. The van der Waals surface area contributed by atoms with Crippen LogP contribution in [0.3, 0.4) is 0 Å². The van der Waals surface area contributed by atoms with E-state index >= 15 is 0 Å². The second-order valence-electron chi connectivity index (χ2n) is 8.45. The van der Waals surface area contributed by atoms with Crippen molar-refractivity contribution in [3.05, 3.63) is 108 Å². The van der Waals surface area contributed by atoms with E-state index in [1.54, 1.807) is 36.5 Å². The molecule has 0 radical (unpaired) electrons. The summed E-state index contributed by atoms with van der Waals surface area (Å²) in [5, 5.41) is 6.78. The highest BCUT2D eigenvalue weighted by Crippen LogP contribution is 2.28. The van der Waals surface area contributed by atoms with Gasteiger partial charge in [0.05, 0.1) is 10.9 Å². The number of fused-ring (bicyclic) bond motifs is 1. The van der Waals surface area contributed by atoms with Gasteiger partial charge in [0.15, 0.2) is 5.78 Å². The summed E-state index contributed by atoms with van der Waals surface area (Å²) in [6, 6.07) is 23.8. The van der Waals surface area contributed by atoms with E-state index in [9.17, 15) is 9.59 Å². The van der Waals surface area contributed by atoms with Gasteiger partial charge in [0.25, 0.3) is 5.91 Å². The van der Waals surface area contributed by atoms with Crippen molar-refractivity contribution in [2.24, 2.45) is 0 Å². The van der Waals surface area contributed by atoms with Crippen LogP contribution in [0.4, 0.5) is 22.9 Å². The van der Waals surface area contributed by atoms with Crippen molar-refractivity contribution in [2.45, 2.75) is 0 Å². The maximum Gasteiger partial charge on any atom is 0.255 e. The van der Waals surface area contributed by atoms with E-state index in [1.165, 1.54) is 6.33 Å². The molecule has 0 aliphatic carbocycles. The van der Waals surface area contributed by atoms with Crippen LogP contribution in [0.1, 0.15) is 26.3 Å². The van der Waals surface area contributed by atoms with Crippen LogP contribution in [-0.4, -0.2) is 40.7 Å². The lowest BCUT2D eigenvalue weighted by atomic mass is 10.0. The number of carbonyl (C=O) groups excluding carboxylic acids is 2. The Balaban J connectivity index is 1.42. The van der Waals surface area contributed by atoms with Gasteiger partial charge in [-0.15, -0.1) is 0 Å². The number of anilines is 4. The lowest BCUT2D eigenvalue weighted by molar-refractivity contribution is 0.102. The van der Waals surface area contributed by atoms with Gasteiger partial charge in [-0.1, -0.05) is 42.5 Å². The van der Waals surface area contributed by atoms with E-state index < -0.39 is 0 Å². The van der Waals surface area contributed by atoms with Crippen LogP contribution in [-0.2, 0) is 0 Å². The second kappa shape index (κ2) is 9.71. The molecule has 0 atom stereocenters. The minimum atomic E-state index is -0.232. The van der Waals surface area contributed by atoms with Gasteiger partial charge in [-0.05, 0) is 36.4 Å². The SMILES string of the molecule is CN(C)c1cccc(NC(=O)c2cccc(Nc3ncnc4[nH]cc(C(=O)c5ccccc5)c34)c2)c1. The molecule has 1 amide bonds. The van der Waals surface area contributed by atoms with Gasteiger partial charge >= 0.3 is 0 Å². The molecule has 3 aromatic carbocycles. The summed E-state index contributed by atoms with van der Waals surface area (Å²) in [7, 11) is 3.90. The van der Waals surface area contributed by atoms with E-state index in [0.29, 0.717) is 44.9 Å². The summed E-state index contributed by atoms with van der Waals surface area (Å²) in [5.41, 5.74) is 4.42. The Kier molecular flexibility index (Phi) is 6.15. The fraction of sp³-hybridized carbons (Fsp3) is 0.0714. The molecule has 0 bridgehead atoms. The fourth-order valence-corrected chi connectivity index (χ4v) is 3.92. The third-order valence-electron chi connectivity index (χ3n) is 5.76. The van der Waals surface area contributed by atoms with Crippen molar-refractivity contribution in [3.8, 4) is 0 Å². The van der Waals surface area contributed by atoms with Gasteiger partial charge in [0.2, 0.25) is 0 Å². The number of hydrogen-bond acceptors (Lipinski definition) is 6. The zero-order chi connectivity index (χ0) is 25.1. The van der Waals surface area contributed by atoms with E-state index in [-0.39, 0.29) is 11.7 Å². The summed E-state index contributed by atoms with van der Waals surface area (Å²) in [4.78, 5) is 39.8. The number of hydrogen-bond donors (Lipinski definition) is 3. The molecular formula is C28H24N6O2. The van der Waals surface area contributed by atoms with Crippen LogP contribution in [0.15, 0.2) is 91.4 Å². The normalized spacial score (nSPS) is 10.7. The number of amides is 1. The van der Waals surface area contributed by atoms with Gasteiger partial charge in [-0.2, -0.15) is 0 Å². The molecule has 0 saturated heterocycles. The summed E-state index contributed by atoms with van der Waals surface area (Å²) in [6.07, 6.45) is 3.07. The number of nitrogens with one attached hydrogen (secondary N) is 3. The lowest BCUT2D eigenvalue weighted by Crippen LogP contribution is -2.13. The Morgan fingerprint density at radius 2 is 1.58 bits per heavy atom. The number of nitrogens with zero attached hydrogens (tertiary/aromatic N) is 3. The van der Waals surface area contributed by atoms with Crippen LogP contribution in [0, 0.1) is 0 Å². The number of carbonyl (C=O) groups is 2. The summed E-state index contributed by atoms with van der Waals surface area (Å²) >= 11 is 0. The molecule has 8 heteroatoms. The fourth-order valence-electron chi connectivity index (χ4n) is 3.92. The highest BCUT2D eigenvalue weighted by Gasteiger charge is 2.19. The van der Waals surface area contributed by atoms with E-state index in [1.807, 2.05) is 67.5 Å². The monoisotopic (exact) mass is 476 g/mol. The molecule has 0 spiro atoms. The largest absolute Gasteiger partial charge is 0.378 e. The molecule has 0 aliphatic heterocycles. The van der Waals surface area contributed by atoms with Crippen LogP contribution < -0.4 is 15.5 Å². The van der Waals surface area contributed by atoms with Crippen LogP contribution in [0.5, 0.6) is 0 Å².